The van der Waals surface area contributed by atoms with Crippen molar-refractivity contribution in [2.24, 2.45) is 0 Å². The smallest absolute Gasteiger partial charge is 0.143 e. The zero-order valence-corrected chi connectivity index (χ0v) is 34.4. The number of para-hydroxylation sites is 3. The van der Waals surface area contributed by atoms with Gasteiger partial charge in [0.05, 0.1) is 0 Å². The summed E-state index contributed by atoms with van der Waals surface area (Å²) in [6, 6.07) is 40.4. The number of hydrogen-bond donors (Lipinski definition) is 0. The van der Waals surface area contributed by atoms with Gasteiger partial charge >= 0.3 is 0 Å². The van der Waals surface area contributed by atoms with Crippen LogP contribution >= 0.6 is 0 Å². The van der Waals surface area contributed by atoms with Crippen LogP contribution in [0.2, 0.25) is 0 Å². The van der Waals surface area contributed by atoms with Crippen LogP contribution in [0.25, 0.3) is 50.1 Å². The molecule has 0 aliphatic heterocycles. The maximum Gasteiger partial charge on any atom is 0.143 e. The van der Waals surface area contributed by atoms with Crippen LogP contribution in [-0.4, -0.2) is 0 Å². The molecular formula is C58H47NO2. The van der Waals surface area contributed by atoms with Crippen molar-refractivity contribution in [2.75, 3.05) is 4.90 Å². The topological polar surface area (TPSA) is 29.5 Å². The van der Waals surface area contributed by atoms with Crippen molar-refractivity contribution < 1.29 is 8.83 Å². The summed E-state index contributed by atoms with van der Waals surface area (Å²) in [5, 5.41) is 3.30. The van der Waals surface area contributed by atoms with Crippen molar-refractivity contribution >= 4 is 61.5 Å². The Bertz CT molecular complexity index is 3070. The average molecular weight is 790 g/mol. The Labute approximate surface area is 358 Å². The predicted octanol–water partition coefficient (Wildman–Crippen LogP) is 16.1. The largest absolute Gasteiger partial charge is 0.460 e. The number of nitrogens with zero attached hydrogens (tertiary/aromatic N) is 1. The van der Waals surface area contributed by atoms with E-state index in [4.69, 9.17) is 8.83 Å². The third-order valence-electron chi connectivity index (χ3n) is 11.4. The lowest BCUT2D eigenvalue weighted by atomic mass is 10.0. The number of furan rings is 2. The Kier molecular flexibility index (Phi) is 11.3. The highest BCUT2D eigenvalue weighted by Gasteiger charge is 2.17. The van der Waals surface area contributed by atoms with E-state index in [9.17, 15) is 0 Å². The van der Waals surface area contributed by atoms with Gasteiger partial charge in [-0.2, -0.15) is 0 Å². The first kappa shape index (κ1) is 38.9. The number of anilines is 2. The van der Waals surface area contributed by atoms with E-state index in [-0.39, 0.29) is 0 Å². The quantitative estimate of drug-likeness (QED) is 0.116. The molecule has 2 aromatic heterocycles. The molecule has 2 aliphatic carbocycles. The van der Waals surface area contributed by atoms with Crippen LogP contribution in [0.4, 0.5) is 11.4 Å². The Hall–Kier alpha value is -7.62. The van der Waals surface area contributed by atoms with Crippen LogP contribution in [-0.2, 0) is 6.42 Å². The summed E-state index contributed by atoms with van der Waals surface area (Å²) in [6.07, 6.45) is 34.6. The van der Waals surface area contributed by atoms with Gasteiger partial charge in [0.1, 0.15) is 22.5 Å². The Morgan fingerprint density at radius 1 is 0.656 bits per heavy atom. The fourth-order valence-corrected chi connectivity index (χ4v) is 8.26. The van der Waals surface area contributed by atoms with E-state index in [1.165, 1.54) is 22.3 Å². The molecule has 3 heteroatoms. The minimum absolute atomic E-state index is 0.664. The highest BCUT2D eigenvalue weighted by Crippen LogP contribution is 2.37. The van der Waals surface area contributed by atoms with Crippen molar-refractivity contribution in [1.29, 1.82) is 0 Å². The number of rotatable bonds is 12. The van der Waals surface area contributed by atoms with Gasteiger partial charge in [-0.3, -0.25) is 0 Å². The van der Waals surface area contributed by atoms with E-state index in [1.54, 1.807) is 6.08 Å². The van der Waals surface area contributed by atoms with Gasteiger partial charge in [0, 0.05) is 50.8 Å². The normalized spacial score (nSPS) is 14.6. The summed E-state index contributed by atoms with van der Waals surface area (Å²) in [6.45, 7) is 10.3. The van der Waals surface area contributed by atoms with E-state index in [0.717, 1.165) is 90.8 Å². The molecule has 3 nitrogen and oxygen atoms in total. The second-order valence-electron chi connectivity index (χ2n) is 15.2. The van der Waals surface area contributed by atoms with Gasteiger partial charge in [0.15, 0.2) is 0 Å². The molecule has 61 heavy (non-hydrogen) atoms. The van der Waals surface area contributed by atoms with Crippen LogP contribution in [0, 0.1) is 0 Å². The molecule has 2 heterocycles. The summed E-state index contributed by atoms with van der Waals surface area (Å²) in [5.41, 5.74) is 14.9. The van der Waals surface area contributed by atoms with Gasteiger partial charge < -0.3 is 13.7 Å². The minimum atomic E-state index is 0.664. The molecular weight excluding hydrogens is 743 g/mol. The van der Waals surface area contributed by atoms with Crippen LogP contribution in [0.3, 0.4) is 0 Å². The summed E-state index contributed by atoms with van der Waals surface area (Å²) in [7, 11) is 0. The van der Waals surface area contributed by atoms with E-state index in [1.807, 2.05) is 36.4 Å². The second-order valence-corrected chi connectivity index (χ2v) is 15.2. The molecule has 2 aliphatic rings. The second kappa shape index (κ2) is 17.7. The number of benzene rings is 5. The molecule has 7 aromatic rings. The van der Waals surface area contributed by atoms with Crippen LogP contribution < -0.4 is 4.90 Å². The van der Waals surface area contributed by atoms with Crippen LogP contribution in [0.15, 0.2) is 239 Å². The van der Waals surface area contributed by atoms with Crippen molar-refractivity contribution in [2.45, 2.75) is 26.2 Å². The fourth-order valence-electron chi connectivity index (χ4n) is 8.26. The first-order valence-electron chi connectivity index (χ1n) is 20.9. The number of allylic oxidation sites excluding steroid dienone is 19. The molecule has 0 bridgehead atoms. The van der Waals surface area contributed by atoms with E-state index in [2.05, 4.69) is 189 Å². The molecule has 0 saturated heterocycles. The molecule has 5 aromatic carbocycles. The fraction of sp³-hybridized carbons (Fsp3) is 0.0690. The van der Waals surface area contributed by atoms with Crippen molar-refractivity contribution in [3.8, 4) is 0 Å². The van der Waals surface area contributed by atoms with E-state index < -0.39 is 0 Å². The van der Waals surface area contributed by atoms with Crippen molar-refractivity contribution in [1.82, 2.24) is 0 Å². The number of hydrogen-bond acceptors (Lipinski definition) is 3. The third-order valence-corrected chi connectivity index (χ3v) is 11.4. The zero-order valence-electron chi connectivity index (χ0n) is 34.4. The van der Waals surface area contributed by atoms with Gasteiger partial charge in [-0.25, -0.2) is 0 Å². The highest BCUT2D eigenvalue weighted by molar-refractivity contribution is 6.08. The molecule has 0 N–H and O–H groups in total. The van der Waals surface area contributed by atoms with Gasteiger partial charge in [-0.05, 0) is 95.7 Å². The lowest BCUT2D eigenvalue weighted by Crippen LogP contribution is -2.14. The predicted molar refractivity (Wildman–Crippen MR) is 260 cm³/mol. The minimum Gasteiger partial charge on any atom is -0.460 e. The molecule has 296 valence electrons. The molecule has 0 unspecified atom stereocenters. The van der Waals surface area contributed by atoms with E-state index in [0.29, 0.717) is 6.42 Å². The summed E-state index contributed by atoms with van der Waals surface area (Å²) < 4.78 is 12.8. The summed E-state index contributed by atoms with van der Waals surface area (Å²) in [5.74, 6) is 0.931. The summed E-state index contributed by atoms with van der Waals surface area (Å²) >= 11 is 0. The van der Waals surface area contributed by atoms with Gasteiger partial charge in [0.2, 0.25) is 0 Å². The molecule has 0 spiro atoms. The van der Waals surface area contributed by atoms with Crippen LogP contribution in [0.1, 0.15) is 47.8 Å². The molecule has 0 saturated carbocycles. The third kappa shape index (κ3) is 8.19. The first-order valence-corrected chi connectivity index (χ1v) is 20.9. The van der Waals surface area contributed by atoms with Gasteiger partial charge in [-0.15, -0.1) is 0 Å². The standard InChI is InChI=1S/C58H47NO2/c1-4-6-21-52-51-22-11-13-26-55(51)60-57(52)40-42-29-36-48(37-30-42)59(41(3)28-31-43(5-2)50-24-16-25-54-53-23-12-14-27-56(53)61-58(50)54)49-38-34-47(35-39-49)46-20-15-19-45(32-33-46)44-17-9-7-8-10-18-44/h4-7,9-14,16-39H,1-2,8,15,40H2,3H3/b21-6-,41-28+,43-31+. The van der Waals surface area contributed by atoms with E-state index >= 15 is 0 Å². The van der Waals surface area contributed by atoms with Crippen LogP contribution in [0.5, 0.6) is 0 Å². The van der Waals surface area contributed by atoms with Gasteiger partial charge in [-0.1, -0.05) is 177 Å². The van der Waals surface area contributed by atoms with Crippen molar-refractivity contribution in [3.63, 3.8) is 0 Å². The Morgan fingerprint density at radius 2 is 1.36 bits per heavy atom. The maximum atomic E-state index is 6.41. The average Bonchev–Trinajstić information content (AvgIpc) is 3.56. The monoisotopic (exact) mass is 789 g/mol. The maximum absolute atomic E-state index is 6.41. The molecule has 0 radical (unpaired) electrons. The molecule has 0 amide bonds. The van der Waals surface area contributed by atoms with Gasteiger partial charge in [0.25, 0.3) is 0 Å². The number of fused-ring (bicyclic) bond motifs is 4. The molecule has 0 atom stereocenters. The lowest BCUT2D eigenvalue weighted by molar-refractivity contribution is 0.561. The SMILES string of the molecule is C=C/C=C\c1c(Cc2ccc(N(/C(C)=C/C=C(\C=C)c3cccc4c3oc3ccccc34)c3ccc(C4=CCC=C(C5=CC=CCC=C5)C=C4)cc3)cc2)oc2ccccc12. The highest BCUT2D eigenvalue weighted by atomic mass is 16.3. The summed E-state index contributed by atoms with van der Waals surface area (Å²) in [4.78, 5) is 2.31. The Balaban J connectivity index is 1.05. The lowest BCUT2D eigenvalue weighted by Gasteiger charge is -2.26. The zero-order chi connectivity index (χ0) is 41.5. The van der Waals surface area contributed by atoms with Crippen molar-refractivity contribution in [3.05, 3.63) is 258 Å². The Morgan fingerprint density at radius 3 is 2.15 bits per heavy atom. The first-order chi connectivity index (χ1) is 30.1. The molecule has 0 fully saturated rings. The molecule has 9 rings (SSSR count).